The van der Waals surface area contributed by atoms with Crippen molar-refractivity contribution in [1.82, 2.24) is 9.78 Å². The molecule has 4 rings (SSSR count). The molecule has 0 unspecified atom stereocenters. The SMILES string of the molecule is Cc1ccccc1Cn1ccc(NC(=O)c2cccc(COc3ccc([N+](=O)[O-])cc3)c2)n1. The number of nitrogens with zero attached hydrogens (tertiary/aromatic N) is 3. The van der Waals surface area contributed by atoms with Crippen molar-refractivity contribution in [2.45, 2.75) is 20.1 Å². The summed E-state index contributed by atoms with van der Waals surface area (Å²) in [5.41, 5.74) is 3.63. The van der Waals surface area contributed by atoms with Gasteiger partial charge < -0.3 is 10.1 Å². The molecule has 8 heteroatoms. The summed E-state index contributed by atoms with van der Waals surface area (Å²) in [5.74, 6) is 0.712. The maximum absolute atomic E-state index is 12.7. The van der Waals surface area contributed by atoms with E-state index in [0.29, 0.717) is 23.7 Å². The lowest BCUT2D eigenvalue weighted by Gasteiger charge is -2.08. The minimum atomic E-state index is -0.461. The number of benzene rings is 3. The standard InChI is InChI=1S/C25H22N4O4/c1-18-5-2-3-7-21(18)16-28-14-13-24(27-28)26-25(30)20-8-4-6-19(15-20)17-33-23-11-9-22(10-12-23)29(31)32/h2-15H,16-17H2,1H3,(H,26,27,30). The van der Waals surface area contributed by atoms with Gasteiger partial charge in [0.2, 0.25) is 0 Å². The fraction of sp³-hybridized carbons (Fsp3) is 0.120. The van der Waals surface area contributed by atoms with Crippen molar-refractivity contribution < 1.29 is 14.5 Å². The predicted molar refractivity (Wildman–Crippen MR) is 124 cm³/mol. The number of nitrogens with one attached hydrogen (secondary N) is 1. The Morgan fingerprint density at radius 2 is 1.85 bits per heavy atom. The predicted octanol–water partition coefficient (Wildman–Crippen LogP) is 4.98. The summed E-state index contributed by atoms with van der Waals surface area (Å²) in [4.78, 5) is 23.0. The number of hydrogen-bond donors (Lipinski definition) is 1. The molecule has 0 saturated carbocycles. The lowest BCUT2D eigenvalue weighted by atomic mass is 10.1. The van der Waals surface area contributed by atoms with Crippen LogP contribution >= 0.6 is 0 Å². The number of aromatic nitrogens is 2. The zero-order valence-corrected chi connectivity index (χ0v) is 18.0. The number of nitro groups is 1. The van der Waals surface area contributed by atoms with Crippen LogP contribution in [-0.4, -0.2) is 20.6 Å². The number of amides is 1. The normalized spacial score (nSPS) is 10.6. The molecule has 3 aromatic carbocycles. The summed E-state index contributed by atoms with van der Waals surface area (Å²) in [5, 5.41) is 18.0. The second-order valence-electron chi connectivity index (χ2n) is 7.52. The van der Waals surface area contributed by atoms with Crippen molar-refractivity contribution >= 4 is 17.4 Å². The van der Waals surface area contributed by atoms with E-state index in [1.54, 1.807) is 41.1 Å². The molecule has 8 nitrogen and oxygen atoms in total. The molecule has 0 atom stereocenters. The summed E-state index contributed by atoms with van der Waals surface area (Å²) in [7, 11) is 0. The Labute approximate surface area is 190 Å². The molecular formula is C25H22N4O4. The van der Waals surface area contributed by atoms with Gasteiger partial charge in [-0.1, -0.05) is 36.4 Å². The van der Waals surface area contributed by atoms with Gasteiger partial charge in [-0.3, -0.25) is 19.6 Å². The second kappa shape index (κ2) is 9.78. The Hall–Kier alpha value is -4.46. The quantitative estimate of drug-likeness (QED) is 0.306. The lowest BCUT2D eigenvalue weighted by molar-refractivity contribution is -0.384. The average Bonchev–Trinajstić information content (AvgIpc) is 3.26. The highest BCUT2D eigenvalue weighted by molar-refractivity contribution is 6.03. The summed E-state index contributed by atoms with van der Waals surface area (Å²) in [6.07, 6.45) is 1.83. The number of carbonyl (C=O) groups excluding carboxylic acids is 1. The van der Waals surface area contributed by atoms with Crippen LogP contribution in [0.25, 0.3) is 0 Å². The van der Waals surface area contributed by atoms with Gasteiger partial charge in [0.05, 0.1) is 11.5 Å². The van der Waals surface area contributed by atoms with E-state index in [0.717, 1.165) is 5.56 Å². The van der Waals surface area contributed by atoms with Crippen LogP contribution in [0.5, 0.6) is 5.75 Å². The van der Waals surface area contributed by atoms with E-state index in [4.69, 9.17) is 4.74 Å². The molecule has 0 spiro atoms. The van der Waals surface area contributed by atoms with Crippen LogP contribution in [0.3, 0.4) is 0 Å². The number of nitro benzene ring substituents is 1. The molecule has 1 aromatic heterocycles. The summed E-state index contributed by atoms with van der Waals surface area (Å²) >= 11 is 0. The van der Waals surface area contributed by atoms with Crippen molar-refractivity contribution in [3.8, 4) is 5.75 Å². The molecule has 0 bridgehead atoms. The summed E-state index contributed by atoms with van der Waals surface area (Å²) in [6, 6.07) is 22.8. The van der Waals surface area contributed by atoms with Crippen LogP contribution in [0.1, 0.15) is 27.0 Å². The highest BCUT2D eigenvalue weighted by atomic mass is 16.6. The van der Waals surface area contributed by atoms with E-state index in [1.807, 2.05) is 24.4 Å². The van der Waals surface area contributed by atoms with Crippen LogP contribution in [0.2, 0.25) is 0 Å². The third-order valence-electron chi connectivity index (χ3n) is 5.12. The fourth-order valence-corrected chi connectivity index (χ4v) is 3.30. The van der Waals surface area contributed by atoms with E-state index < -0.39 is 4.92 Å². The van der Waals surface area contributed by atoms with Gasteiger partial charge in [0.15, 0.2) is 5.82 Å². The second-order valence-corrected chi connectivity index (χ2v) is 7.52. The first-order valence-corrected chi connectivity index (χ1v) is 10.3. The van der Waals surface area contributed by atoms with Gasteiger partial charge in [-0.15, -0.1) is 0 Å². The van der Waals surface area contributed by atoms with Crippen LogP contribution in [0, 0.1) is 17.0 Å². The molecule has 0 aliphatic carbocycles. The maximum atomic E-state index is 12.7. The molecule has 33 heavy (non-hydrogen) atoms. The first kappa shape index (κ1) is 21.8. The minimum Gasteiger partial charge on any atom is -0.489 e. The van der Waals surface area contributed by atoms with Crippen molar-refractivity contribution in [1.29, 1.82) is 0 Å². The van der Waals surface area contributed by atoms with Gasteiger partial charge >= 0.3 is 0 Å². The third kappa shape index (κ3) is 5.62. The number of non-ortho nitro benzene ring substituents is 1. The molecule has 1 N–H and O–H groups in total. The maximum Gasteiger partial charge on any atom is 0.269 e. The van der Waals surface area contributed by atoms with E-state index >= 15 is 0 Å². The molecular weight excluding hydrogens is 420 g/mol. The molecule has 0 aliphatic rings. The van der Waals surface area contributed by atoms with Gasteiger partial charge in [-0.25, -0.2) is 0 Å². The summed E-state index contributed by atoms with van der Waals surface area (Å²) < 4.78 is 7.46. The number of carbonyl (C=O) groups is 1. The minimum absolute atomic E-state index is 0.00219. The molecule has 0 aliphatic heterocycles. The molecule has 0 saturated heterocycles. The van der Waals surface area contributed by atoms with Gasteiger partial charge in [-0.05, 0) is 47.9 Å². The Morgan fingerprint density at radius 1 is 1.06 bits per heavy atom. The number of ether oxygens (including phenoxy) is 1. The van der Waals surface area contributed by atoms with Gasteiger partial charge in [0.1, 0.15) is 12.4 Å². The van der Waals surface area contributed by atoms with Crippen LogP contribution < -0.4 is 10.1 Å². The molecule has 1 amide bonds. The fourth-order valence-electron chi connectivity index (χ4n) is 3.30. The topological polar surface area (TPSA) is 99.3 Å². The Balaban J connectivity index is 1.36. The van der Waals surface area contributed by atoms with Crippen LogP contribution in [0.4, 0.5) is 11.5 Å². The Morgan fingerprint density at radius 3 is 2.61 bits per heavy atom. The van der Waals surface area contributed by atoms with E-state index in [1.165, 1.54) is 23.3 Å². The smallest absolute Gasteiger partial charge is 0.269 e. The number of rotatable bonds is 8. The molecule has 1 heterocycles. The van der Waals surface area contributed by atoms with Crippen molar-refractivity contribution in [3.63, 3.8) is 0 Å². The lowest BCUT2D eigenvalue weighted by Crippen LogP contribution is -2.13. The van der Waals surface area contributed by atoms with Gasteiger partial charge in [-0.2, -0.15) is 5.10 Å². The first-order chi connectivity index (χ1) is 16.0. The highest BCUT2D eigenvalue weighted by Crippen LogP contribution is 2.19. The summed E-state index contributed by atoms with van der Waals surface area (Å²) in [6.45, 7) is 2.90. The first-order valence-electron chi connectivity index (χ1n) is 10.3. The largest absolute Gasteiger partial charge is 0.489 e. The van der Waals surface area contributed by atoms with Crippen molar-refractivity contribution in [3.05, 3.63) is 117 Å². The van der Waals surface area contributed by atoms with Gasteiger partial charge in [0.25, 0.3) is 11.6 Å². The monoisotopic (exact) mass is 442 g/mol. The number of hydrogen-bond acceptors (Lipinski definition) is 5. The molecule has 166 valence electrons. The number of anilines is 1. The average molecular weight is 442 g/mol. The third-order valence-corrected chi connectivity index (χ3v) is 5.12. The molecule has 4 aromatic rings. The van der Waals surface area contributed by atoms with E-state index in [9.17, 15) is 14.9 Å². The Kier molecular flexibility index (Phi) is 6.45. The highest BCUT2D eigenvalue weighted by Gasteiger charge is 2.10. The Bertz CT molecular complexity index is 1280. The van der Waals surface area contributed by atoms with Crippen LogP contribution in [-0.2, 0) is 13.2 Å². The zero-order valence-electron chi connectivity index (χ0n) is 18.0. The van der Waals surface area contributed by atoms with E-state index in [-0.39, 0.29) is 18.2 Å². The van der Waals surface area contributed by atoms with Crippen LogP contribution in [0.15, 0.2) is 85.1 Å². The van der Waals surface area contributed by atoms with Crippen molar-refractivity contribution in [2.75, 3.05) is 5.32 Å². The molecule has 0 fully saturated rings. The number of aryl methyl sites for hydroxylation is 1. The molecule has 0 radical (unpaired) electrons. The van der Waals surface area contributed by atoms with E-state index in [2.05, 4.69) is 29.5 Å². The van der Waals surface area contributed by atoms with Gasteiger partial charge in [0, 0.05) is 30.0 Å². The zero-order chi connectivity index (χ0) is 23.2. The van der Waals surface area contributed by atoms with Crippen molar-refractivity contribution in [2.24, 2.45) is 0 Å².